The van der Waals surface area contributed by atoms with Gasteiger partial charge in [0.1, 0.15) is 12.3 Å². The van der Waals surface area contributed by atoms with Gasteiger partial charge in [-0.2, -0.15) is 0 Å². The van der Waals surface area contributed by atoms with Gasteiger partial charge >= 0.3 is 0 Å². The van der Waals surface area contributed by atoms with Crippen molar-refractivity contribution in [1.82, 2.24) is 10.3 Å². The van der Waals surface area contributed by atoms with Crippen LogP contribution in [0.3, 0.4) is 0 Å². The van der Waals surface area contributed by atoms with Crippen LogP contribution in [0.4, 0.5) is 0 Å². The average molecular weight is 336 g/mol. The van der Waals surface area contributed by atoms with E-state index in [0.717, 1.165) is 11.3 Å². The molecule has 25 heavy (non-hydrogen) atoms. The van der Waals surface area contributed by atoms with Gasteiger partial charge in [-0.1, -0.05) is 12.1 Å². The average Bonchev–Trinajstić information content (AvgIpc) is 3.21. The summed E-state index contributed by atoms with van der Waals surface area (Å²) in [6.45, 7) is 0.563. The first-order valence-corrected chi connectivity index (χ1v) is 7.94. The van der Waals surface area contributed by atoms with E-state index >= 15 is 0 Å². The number of nitrogens with one attached hydrogen (secondary N) is 1. The second-order valence-electron chi connectivity index (χ2n) is 5.61. The first-order valence-electron chi connectivity index (χ1n) is 7.94. The van der Waals surface area contributed by atoms with Gasteiger partial charge in [0.2, 0.25) is 6.10 Å². The monoisotopic (exact) mass is 336 g/mol. The maximum absolute atomic E-state index is 12.3. The lowest BCUT2D eigenvalue weighted by Crippen LogP contribution is -2.43. The summed E-state index contributed by atoms with van der Waals surface area (Å²) in [4.78, 5) is 16.6. The van der Waals surface area contributed by atoms with Crippen molar-refractivity contribution in [2.24, 2.45) is 0 Å². The summed E-state index contributed by atoms with van der Waals surface area (Å²) in [5.74, 6) is 1.71. The zero-order valence-corrected chi connectivity index (χ0v) is 13.3. The van der Waals surface area contributed by atoms with Crippen molar-refractivity contribution in [3.05, 3.63) is 66.6 Å². The molecule has 6 heteroatoms. The van der Waals surface area contributed by atoms with Crippen LogP contribution in [0, 0.1) is 0 Å². The largest absolute Gasteiger partial charge is 0.485 e. The third-order valence-corrected chi connectivity index (χ3v) is 3.87. The normalized spacial score (nSPS) is 15.6. The molecule has 0 radical (unpaired) electrons. The Morgan fingerprint density at radius 3 is 2.88 bits per heavy atom. The number of rotatable bonds is 4. The Bertz CT molecular complexity index is 877. The van der Waals surface area contributed by atoms with Crippen LogP contribution >= 0.6 is 0 Å². The molecule has 0 fully saturated rings. The fourth-order valence-electron chi connectivity index (χ4n) is 2.60. The molecule has 0 saturated heterocycles. The second kappa shape index (κ2) is 6.68. The molecule has 1 aliphatic rings. The molecule has 0 spiro atoms. The lowest BCUT2D eigenvalue weighted by molar-refractivity contribution is -0.130. The molecule has 6 nitrogen and oxygen atoms in total. The molecule has 2 aromatic heterocycles. The van der Waals surface area contributed by atoms with Gasteiger partial charge in [-0.05, 0) is 42.0 Å². The van der Waals surface area contributed by atoms with Gasteiger partial charge in [0.15, 0.2) is 17.3 Å². The third kappa shape index (κ3) is 3.33. The molecule has 0 bridgehead atoms. The highest BCUT2D eigenvalue weighted by Gasteiger charge is 2.26. The van der Waals surface area contributed by atoms with Crippen molar-refractivity contribution in [1.29, 1.82) is 0 Å². The Morgan fingerprint density at radius 1 is 1.16 bits per heavy atom. The number of ether oxygens (including phenoxy) is 2. The summed E-state index contributed by atoms with van der Waals surface area (Å²) in [6.07, 6.45) is 2.63. The van der Waals surface area contributed by atoms with E-state index in [1.165, 1.54) is 0 Å². The topological polar surface area (TPSA) is 73.6 Å². The van der Waals surface area contributed by atoms with Gasteiger partial charge in [-0.25, -0.2) is 0 Å². The number of hydrogen-bond donors (Lipinski definition) is 1. The van der Waals surface area contributed by atoms with Crippen LogP contribution in [0.5, 0.6) is 11.5 Å². The van der Waals surface area contributed by atoms with Crippen LogP contribution in [0.25, 0.3) is 11.5 Å². The van der Waals surface area contributed by atoms with Crippen molar-refractivity contribution < 1.29 is 18.7 Å². The molecule has 1 N–H and O–H groups in total. The van der Waals surface area contributed by atoms with E-state index in [-0.39, 0.29) is 12.5 Å². The van der Waals surface area contributed by atoms with Crippen molar-refractivity contribution in [2.45, 2.75) is 12.6 Å². The van der Waals surface area contributed by atoms with Gasteiger partial charge in [0.25, 0.3) is 5.91 Å². The molecule has 1 atom stereocenters. The molecule has 1 amide bonds. The SMILES string of the molecule is O=C(NCc1ccnc(-c2ccco2)c1)[C@@H]1COc2ccccc2O1. The van der Waals surface area contributed by atoms with E-state index in [4.69, 9.17) is 13.9 Å². The van der Waals surface area contributed by atoms with Gasteiger partial charge in [0, 0.05) is 12.7 Å². The highest BCUT2D eigenvalue weighted by Crippen LogP contribution is 2.30. The Morgan fingerprint density at radius 2 is 2.04 bits per heavy atom. The minimum Gasteiger partial charge on any atom is -0.485 e. The lowest BCUT2D eigenvalue weighted by Gasteiger charge is -2.25. The molecule has 126 valence electrons. The number of para-hydroxylation sites is 2. The summed E-state index contributed by atoms with van der Waals surface area (Å²) in [5, 5.41) is 2.87. The van der Waals surface area contributed by atoms with E-state index in [9.17, 15) is 4.79 Å². The van der Waals surface area contributed by atoms with Crippen LogP contribution in [0.2, 0.25) is 0 Å². The molecule has 3 heterocycles. The quantitative estimate of drug-likeness (QED) is 0.793. The molecular weight excluding hydrogens is 320 g/mol. The van der Waals surface area contributed by atoms with Crippen LogP contribution in [-0.4, -0.2) is 23.6 Å². The van der Waals surface area contributed by atoms with E-state index in [0.29, 0.717) is 23.8 Å². The van der Waals surface area contributed by atoms with Gasteiger partial charge in [0.05, 0.1) is 6.26 Å². The predicted octanol–water partition coefficient (Wildman–Crippen LogP) is 2.80. The minimum absolute atomic E-state index is 0.191. The van der Waals surface area contributed by atoms with Crippen molar-refractivity contribution in [3.63, 3.8) is 0 Å². The molecule has 0 unspecified atom stereocenters. The minimum atomic E-state index is -0.665. The van der Waals surface area contributed by atoms with Crippen LogP contribution < -0.4 is 14.8 Å². The van der Waals surface area contributed by atoms with E-state index in [2.05, 4.69) is 10.3 Å². The number of aromatic nitrogens is 1. The standard InChI is InChI=1S/C19H16N2O4/c22-19(18-12-24-16-4-1-2-5-17(16)25-18)21-11-13-7-8-20-14(10-13)15-6-3-9-23-15/h1-10,18H,11-12H2,(H,21,22)/t18-/m0/s1. The van der Waals surface area contributed by atoms with Crippen molar-refractivity contribution in [2.75, 3.05) is 6.61 Å². The highest BCUT2D eigenvalue weighted by molar-refractivity contribution is 5.81. The molecule has 0 saturated carbocycles. The molecule has 1 aliphatic heterocycles. The molecule has 0 aliphatic carbocycles. The Hall–Kier alpha value is -3.28. The molecule has 1 aromatic carbocycles. The van der Waals surface area contributed by atoms with Gasteiger partial charge < -0.3 is 19.2 Å². The fraction of sp³-hybridized carbons (Fsp3) is 0.158. The van der Waals surface area contributed by atoms with Crippen molar-refractivity contribution in [3.8, 4) is 23.0 Å². The highest BCUT2D eigenvalue weighted by atomic mass is 16.6. The first kappa shape index (κ1) is 15.3. The first-order chi connectivity index (χ1) is 12.3. The summed E-state index contributed by atoms with van der Waals surface area (Å²) < 4.78 is 16.6. The zero-order valence-electron chi connectivity index (χ0n) is 13.3. The number of furan rings is 1. The van der Waals surface area contributed by atoms with E-state index < -0.39 is 6.10 Å². The van der Waals surface area contributed by atoms with E-state index in [1.807, 2.05) is 42.5 Å². The number of benzene rings is 1. The maximum Gasteiger partial charge on any atom is 0.264 e. The van der Waals surface area contributed by atoms with Crippen LogP contribution in [0.15, 0.2) is 65.4 Å². The zero-order chi connectivity index (χ0) is 17.1. The van der Waals surface area contributed by atoms with Crippen LogP contribution in [-0.2, 0) is 11.3 Å². The van der Waals surface area contributed by atoms with Crippen LogP contribution in [0.1, 0.15) is 5.56 Å². The number of carbonyl (C=O) groups excluding carboxylic acids is 1. The Kier molecular flexibility index (Phi) is 4.08. The fourth-order valence-corrected chi connectivity index (χ4v) is 2.60. The van der Waals surface area contributed by atoms with Gasteiger partial charge in [-0.3, -0.25) is 9.78 Å². The maximum atomic E-state index is 12.3. The number of nitrogens with zero attached hydrogens (tertiary/aromatic N) is 1. The Balaban J connectivity index is 1.39. The number of carbonyl (C=O) groups is 1. The predicted molar refractivity (Wildman–Crippen MR) is 90.1 cm³/mol. The summed E-state index contributed by atoms with van der Waals surface area (Å²) in [7, 11) is 0. The molecular formula is C19H16N2O4. The smallest absolute Gasteiger partial charge is 0.264 e. The lowest BCUT2D eigenvalue weighted by atomic mass is 10.2. The number of fused-ring (bicyclic) bond motifs is 1. The number of pyridine rings is 1. The third-order valence-electron chi connectivity index (χ3n) is 3.87. The second-order valence-corrected chi connectivity index (χ2v) is 5.61. The molecule has 4 rings (SSSR count). The molecule has 3 aromatic rings. The Labute approximate surface area is 144 Å². The number of amides is 1. The summed E-state index contributed by atoms with van der Waals surface area (Å²) in [5.41, 5.74) is 1.65. The van der Waals surface area contributed by atoms with E-state index in [1.54, 1.807) is 18.5 Å². The summed E-state index contributed by atoms with van der Waals surface area (Å²) >= 11 is 0. The number of hydrogen-bond acceptors (Lipinski definition) is 5. The summed E-state index contributed by atoms with van der Waals surface area (Å²) in [6, 6.07) is 14.7. The van der Waals surface area contributed by atoms with Gasteiger partial charge in [-0.15, -0.1) is 0 Å². The van der Waals surface area contributed by atoms with Crippen molar-refractivity contribution >= 4 is 5.91 Å².